The van der Waals surface area contributed by atoms with Gasteiger partial charge in [-0.2, -0.15) is 0 Å². The second-order valence-electron chi connectivity index (χ2n) is 5.20. The number of esters is 1. The van der Waals surface area contributed by atoms with Crippen molar-refractivity contribution in [2.45, 2.75) is 6.92 Å². The van der Waals surface area contributed by atoms with Crippen molar-refractivity contribution in [2.24, 2.45) is 0 Å². The third kappa shape index (κ3) is 3.28. The Hall–Kier alpha value is -3.41. The molecule has 0 bridgehead atoms. The number of ether oxygens (including phenoxy) is 3. The fourth-order valence-electron chi connectivity index (χ4n) is 2.52. The lowest BCUT2D eigenvalue weighted by Gasteiger charge is -2.12. The summed E-state index contributed by atoms with van der Waals surface area (Å²) in [7, 11) is 1.24. The van der Waals surface area contributed by atoms with Crippen LogP contribution in [0.2, 0.25) is 0 Å². The summed E-state index contributed by atoms with van der Waals surface area (Å²) in [4.78, 5) is 27.0. The van der Waals surface area contributed by atoms with Crippen molar-refractivity contribution in [3.05, 3.63) is 59.9 Å². The standard InChI is InChI=1S/C19H15NO5/c1-12-16-10-14(25-13-6-4-3-5-7-13)8-9-15(16)18(24-11-21)17(20-12)19(22)23-2/h3-11H,1-2H3. The smallest absolute Gasteiger partial charge is 0.360 e. The molecule has 1 aromatic heterocycles. The molecule has 0 radical (unpaired) electrons. The van der Waals surface area contributed by atoms with E-state index in [9.17, 15) is 9.59 Å². The molecule has 0 atom stereocenters. The molecule has 0 N–H and O–H groups in total. The van der Waals surface area contributed by atoms with Gasteiger partial charge >= 0.3 is 5.97 Å². The zero-order valence-corrected chi connectivity index (χ0v) is 13.7. The van der Waals surface area contributed by atoms with E-state index in [1.54, 1.807) is 25.1 Å². The summed E-state index contributed by atoms with van der Waals surface area (Å²) in [5, 5.41) is 1.28. The highest BCUT2D eigenvalue weighted by Gasteiger charge is 2.20. The van der Waals surface area contributed by atoms with E-state index in [4.69, 9.17) is 14.2 Å². The molecule has 0 aliphatic rings. The SMILES string of the molecule is COC(=O)c1nc(C)c2cc(Oc3ccccc3)ccc2c1OC=O. The van der Waals surface area contributed by atoms with Crippen LogP contribution in [0.3, 0.4) is 0 Å². The monoisotopic (exact) mass is 337 g/mol. The van der Waals surface area contributed by atoms with E-state index >= 15 is 0 Å². The van der Waals surface area contributed by atoms with Gasteiger partial charge < -0.3 is 14.2 Å². The van der Waals surface area contributed by atoms with Crippen LogP contribution in [-0.2, 0) is 9.53 Å². The Labute approximate surface area is 144 Å². The number of rotatable bonds is 5. The van der Waals surface area contributed by atoms with Gasteiger partial charge in [0.15, 0.2) is 11.4 Å². The van der Waals surface area contributed by atoms with Crippen LogP contribution in [0.15, 0.2) is 48.5 Å². The summed E-state index contributed by atoms with van der Waals surface area (Å²) < 4.78 is 15.5. The maximum atomic E-state index is 11.9. The van der Waals surface area contributed by atoms with Crippen molar-refractivity contribution in [3.63, 3.8) is 0 Å². The number of nitrogens with zero attached hydrogens (tertiary/aromatic N) is 1. The first-order valence-corrected chi connectivity index (χ1v) is 7.50. The van der Waals surface area contributed by atoms with Gasteiger partial charge in [0.1, 0.15) is 11.5 Å². The van der Waals surface area contributed by atoms with E-state index < -0.39 is 5.97 Å². The Morgan fingerprint density at radius 2 is 1.80 bits per heavy atom. The molecule has 0 unspecified atom stereocenters. The Morgan fingerprint density at radius 1 is 1.04 bits per heavy atom. The summed E-state index contributed by atoms with van der Waals surface area (Å²) in [5.74, 6) is 0.689. The van der Waals surface area contributed by atoms with Crippen LogP contribution < -0.4 is 9.47 Å². The maximum absolute atomic E-state index is 11.9. The second kappa shape index (κ2) is 7.00. The molecule has 3 aromatic rings. The molecule has 6 nitrogen and oxygen atoms in total. The molecule has 3 rings (SSSR count). The number of benzene rings is 2. The highest BCUT2D eigenvalue weighted by molar-refractivity contribution is 6.01. The number of aryl methyl sites for hydroxylation is 1. The number of hydrogen-bond acceptors (Lipinski definition) is 6. The zero-order chi connectivity index (χ0) is 17.8. The van der Waals surface area contributed by atoms with Crippen molar-refractivity contribution in [1.29, 1.82) is 0 Å². The number of methoxy groups -OCH3 is 1. The van der Waals surface area contributed by atoms with Gasteiger partial charge in [-0.15, -0.1) is 0 Å². The van der Waals surface area contributed by atoms with Crippen LogP contribution in [0.5, 0.6) is 17.2 Å². The van der Waals surface area contributed by atoms with Crippen molar-refractivity contribution in [1.82, 2.24) is 4.98 Å². The summed E-state index contributed by atoms with van der Waals surface area (Å²) in [6, 6.07) is 14.6. The minimum Gasteiger partial charge on any atom is -0.464 e. The molecule has 0 saturated carbocycles. The van der Waals surface area contributed by atoms with E-state index in [0.717, 1.165) is 0 Å². The summed E-state index contributed by atoms with van der Waals surface area (Å²) in [6.45, 7) is 2.01. The van der Waals surface area contributed by atoms with Crippen molar-refractivity contribution in [3.8, 4) is 17.2 Å². The molecule has 0 amide bonds. The van der Waals surface area contributed by atoms with Crippen LogP contribution in [0.4, 0.5) is 0 Å². The fraction of sp³-hybridized carbons (Fsp3) is 0.105. The molecule has 0 aliphatic carbocycles. The van der Waals surface area contributed by atoms with E-state index in [1.807, 2.05) is 30.3 Å². The first-order valence-electron chi connectivity index (χ1n) is 7.50. The van der Waals surface area contributed by atoms with Gasteiger partial charge in [0.05, 0.1) is 7.11 Å². The highest BCUT2D eigenvalue weighted by atomic mass is 16.5. The van der Waals surface area contributed by atoms with Gasteiger partial charge in [0.25, 0.3) is 6.47 Å². The van der Waals surface area contributed by atoms with E-state index in [-0.39, 0.29) is 17.9 Å². The van der Waals surface area contributed by atoms with Gasteiger partial charge in [-0.05, 0) is 37.3 Å². The summed E-state index contributed by atoms with van der Waals surface area (Å²) in [6.07, 6.45) is 0. The largest absolute Gasteiger partial charge is 0.464 e. The normalized spacial score (nSPS) is 10.3. The molecular formula is C19H15NO5. The lowest BCUT2D eigenvalue weighted by atomic mass is 10.1. The Bertz CT molecular complexity index is 937. The maximum Gasteiger partial charge on any atom is 0.360 e. The van der Waals surface area contributed by atoms with Crippen molar-refractivity contribution < 1.29 is 23.8 Å². The number of pyridine rings is 1. The first-order chi connectivity index (χ1) is 12.1. The minimum atomic E-state index is -0.675. The van der Waals surface area contributed by atoms with Gasteiger partial charge in [0, 0.05) is 16.5 Å². The van der Waals surface area contributed by atoms with Crippen molar-refractivity contribution in [2.75, 3.05) is 7.11 Å². The van der Waals surface area contributed by atoms with Crippen LogP contribution in [-0.4, -0.2) is 24.5 Å². The number of para-hydroxylation sites is 1. The number of carbonyl (C=O) groups excluding carboxylic acids is 2. The lowest BCUT2D eigenvalue weighted by molar-refractivity contribution is -0.120. The summed E-state index contributed by atoms with van der Waals surface area (Å²) in [5.41, 5.74) is 0.545. The van der Waals surface area contributed by atoms with Crippen molar-refractivity contribution >= 4 is 23.2 Å². The second-order valence-corrected chi connectivity index (χ2v) is 5.20. The molecule has 25 heavy (non-hydrogen) atoms. The quantitative estimate of drug-likeness (QED) is 0.522. The number of hydrogen-bond donors (Lipinski definition) is 0. The predicted molar refractivity (Wildman–Crippen MR) is 91.0 cm³/mol. The lowest BCUT2D eigenvalue weighted by Crippen LogP contribution is -2.09. The van der Waals surface area contributed by atoms with Crippen LogP contribution in [0.25, 0.3) is 10.8 Å². The van der Waals surface area contributed by atoms with Gasteiger partial charge in [0.2, 0.25) is 0 Å². The van der Waals surface area contributed by atoms with E-state index in [1.165, 1.54) is 7.11 Å². The van der Waals surface area contributed by atoms with Gasteiger partial charge in [-0.25, -0.2) is 9.78 Å². The van der Waals surface area contributed by atoms with Gasteiger partial charge in [-0.1, -0.05) is 18.2 Å². The molecule has 6 heteroatoms. The molecule has 0 aliphatic heterocycles. The number of fused-ring (bicyclic) bond motifs is 1. The third-order valence-electron chi connectivity index (χ3n) is 3.64. The predicted octanol–water partition coefficient (Wildman–Crippen LogP) is 3.66. The third-order valence-corrected chi connectivity index (χ3v) is 3.64. The molecule has 0 saturated heterocycles. The Kier molecular flexibility index (Phi) is 4.61. The van der Waals surface area contributed by atoms with Crippen LogP contribution in [0.1, 0.15) is 16.2 Å². The zero-order valence-electron chi connectivity index (χ0n) is 13.7. The highest BCUT2D eigenvalue weighted by Crippen LogP contribution is 2.34. The molecule has 2 aromatic carbocycles. The Morgan fingerprint density at radius 3 is 2.48 bits per heavy atom. The topological polar surface area (TPSA) is 74.7 Å². The number of carbonyl (C=O) groups is 2. The number of aromatic nitrogens is 1. The van der Waals surface area contributed by atoms with E-state index in [0.29, 0.717) is 28.0 Å². The molecule has 126 valence electrons. The van der Waals surface area contributed by atoms with Crippen LogP contribution >= 0.6 is 0 Å². The van der Waals surface area contributed by atoms with E-state index in [2.05, 4.69) is 4.98 Å². The van der Waals surface area contributed by atoms with Crippen LogP contribution in [0, 0.1) is 6.92 Å². The molecule has 0 fully saturated rings. The summed E-state index contributed by atoms with van der Waals surface area (Å²) >= 11 is 0. The fourth-order valence-corrected chi connectivity index (χ4v) is 2.52. The first kappa shape index (κ1) is 16.4. The molecule has 1 heterocycles. The molecular weight excluding hydrogens is 322 g/mol. The van der Waals surface area contributed by atoms with Gasteiger partial charge in [-0.3, -0.25) is 4.79 Å². The molecule has 0 spiro atoms. The average Bonchev–Trinajstić information content (AvgIpc) is 2.64. The Balaban J connectivity index is 2.12. The minimum absolute atomic E-state index is 0.0451. The average molecular weight is 337 g/mol.